The van der Waals surface area contributed by atoms with Crippen LogP contribution in [0.5, 0.6) is 11.5 Å². The van der Waals surface area contributed by atoms with Crippen molar-refractivity contribution in [3.63, 3.8) is 0 Å². The van der Waals surface area contributed by atoms with Crippen LogP contribution in [-0.2, 0) is 19.7 Å². The van der Waals surface area contributed by atoms with Crippen molar-refractivity contribution in [2.24, 2.45) is 0 Å². The smallest absolute Gasteiger partial charge is 0.161 e. The SMILES string of the molecule is COc1cc(CNCCCn2nc(C)cc2C)ccc1OCc1ccncc1. The Kier molecular flexibility index (Phi) is 7.03. The van der Waals surface area contributed by atoms with E-state index >= 15 is 0 Å². The largest absolute Gasteiger partial charge is 0.493 e. The standard InChI is InChI=1S/C22H28N4O2/c1-17-13-18(2)26(25-17)12-4-9-24-15-20-5-6-21(22(14-20)27-3)28-16-19-7-10-23-11-8-19/h5-8,10-11,13-14,24H,4,9,12,15-16H2,1-3H3. The number of aryl methyl sites for hydroxylation is 3. The summed E-state index contributed by atoms with van der Waals surface area (Å²) in [5.74, 6) is 1.49. The van der Waals surface area contributed by atoms with Crippen molar-refractivity contribution in [1.82, 2.24) is 20.1 Å². The molecule has 0 saturated carbocycles. The number of ether oxygens (including phenoxy) is 2. The maximum absolute atomic E-state index is 5.89. The molecule has 0 aliphatic carbocycles. The highest BCUT2D eigenvalue weighted by molar-refractivity contribution is 5.43. The molecule has 1 N–H and O–H groups in total. The predicted molar refractivity (Wildman–Crippen MR) is 110 cm³/mol. The molecule has 148 valence electrons. The van der Waals surface area contributed by atoms with Gasteiger partial charge in [-0.15, -0.1) is 0 Å². The van der Waals surface area contributed by atoms with Crippen LogP contribution in [0.1, 0.15) is 28.9 Å². The van der Waals surface area contributed by atoms with Crippen molar-refractivity contribution in [3.05, 3.63) is 71.3 Å². The number of methoxy groups -OCH3 is 1. The highest BCUT2D eigenvalue weighted by Crippen LogP contribution is 2.28. The van der Waals surface area contributed by atoms with Gasteiger partial charge in [0.15, 0.2) is 11.5 Å². The maximum atomic E-state index is 5.89. The second-order valence-corrected chi connectivity index (χ2v) is 6.81. The molecule has 0 saturated heterocycles. The molecule has 0 spiro atoms. The number of nitrogens with one attached hydrogen (secondary N) is 1. The van der Waals surface area contributed by atoms with Gasteiger partial charge in [-0.05, 0) is 68.3 Å². The first-order valence-electron chi connectivity index (χ1n) is 9.56. The summed E-state index contributed by atoms with van der Waals surface area (Å²) in [5, 5.41) is 7.98. The average molecular weight is 380 g/mol. The molecule has 0 fully saturated rings. The van der Waals surface area contributed by atoms with Crippen molar-refractivity contribution in [3.8, 4) is 11.5 Å². The van der Waals surface area contributed by atoms with Gasteiger partial charge in [0, 0.05) is 31.2 Å². The molecule has 1 aromatic carbocycles. The molecule has 6 nitrogen and oxygen atoms in total. The van der Waals surface area contributed by atoms with Gasteiger partial charge in [-0.2, -0.15) is 5.10 Å². The summed E-state index contributed by atoms with van der Waals surface area (Å²) in [4.78, 5) is 4.02. The third kappa shape index (κ3) is 5.57. The molecule has 0 unspecified atom stereocenters. The lowest BCUT2D eigenvalue weighted by molar-refractivity contribution is 0.284. The summed E-state index contributed by atoms with van der Waals surface area (Å²) in [6.45, 7) is 7.26. The van der Waals surface area contributed by atoms with Crippen LogP contribution in [0.2, 0.25) is 0 Å². The molecule has 6 heteroatoms. The Bertz CT molecular complexity index is 877. The fraction of sp³-hybridized carbons (Fsp3) is 0.364. The molecule has 0 atom stereocenters. The second-order valence-electron chi connectivity index (χ2n) is 6.81. The predicted octanol–water partition coefficient (Wildman–Crippen LogP) is 3.66. The second kappa shape index (κ2) is 9.90. The van der Waals surface area contributed by atoms with Gasteiger partial charge in [0.25, 0.3) is 0 Å². The zero-order valence-corrected chi connectivity index (χ0v) is 16.8. The van der Waals surface area contributed by atoms with Gasteiger partial charge in [0.1, 0.15) is 6.61 Å². The van der Waals surface area contributed by atoms with Gasteiger partial charge in [-0.1, -0.05) is 6.07 Å². The van der Waals surface area contributed by atoms with E-state index in [0.717, 1.165) is 48.8 Å². The lowest BCUT2D eigenvalue weighted by Crippen LogP contribution is -2.17. The van der Waals surface area contributed by atoms with Crippen molar-refractivity contribution < 1.29 is 9.47 Å². The van der Waals surface area contributed by atoms with Crippen molar-refractivity contribution in [1.29, 1.82) is 0 Å². The number of rotatable bonds is 10. The van der Waals surface area contributed by atoms with E-state index in [0.29, 0.717) is 6.61 Å². The number of hydrogen-bond acceptors (Lipinski definition) is 5. The average Bonchev–Trinajstić information content (AvgIpc) is 3.04. The number of nitrogens with zero attached hydrogens (tertiary/aromatic N) is 3. The summed E-state index contributed by atoms with van der Waals surface area (Å²) >= 11 is 0. The quantitative estimate of drug-likeness (QED) is 0.544. The van der Waals surface area contributed by atoms with E-state index in [9.17, 15) is 0 Å². The van der Waals surface area contributed by atoms with Crippen LogP contribution >= 0.6 is 0 Å². The van der Waals surface area contributed by atoms with E-state index < -0.39 is 0 Å². The first-order valence-corrected chi connectivity index (χ1v) is 9.56. The Morgan fingerprint density at radius 3 is 2.54 bits per heavy atom. The Morgan fingerprint density at radius 2 is 1.82 bits per heavy atom. The van der Waals surface area contributed by atoms with E-state index in [1.54, 1.807) is 19.5 Å². The minimum atomic E-state index is 0.489. The van der Waals surface area contributed by atoms with Gasteiger partial charge < -0.3 is 14.8 Å². The van der Waals surface area contributed by atoms with E-state index in [-0.39, 0.29) is 0 Å². The number of pyridine rings is 1. The molecule has 2 heterocycles. The molecular weight excluding hydrogens is 352 g/mol. The highest BCUT2D eigenvalue weighted by Gasteiger charge is 2.07. The summed E-state index contributed by atoms with van der Waals surface area (Å²) in [5.41, 5.74) is 4.53. The molecule has 3 rings (SSSR count). The van der Waals surface area contributed by atoms with Gasteiger partial charge in [0.2, 0.25) is 0 Å². The van der Waals surface area contributed by atoms with Crippen LogP contribution in [0.3, 0.4) is 0 Å². The minimum absolute atomic E-state index is 0.489. The fourth-order valence-corrected chi connectivity index (χ4v) is 3.07. The zero-order chi connectivity index (χ0) is 19.8. The van der Waals surface area contributed by atoms with Crippen molar-refractivity contribution in [2.45, 2.75) is 40.0 Å². The molecule has 3 aromatic rings. The lowest BCUT2D eigenvalue weighted by Gasteiger charge is -2.13. The molecule has 0 aliphatic rings. The van der Waals surface area contributed by atoms with E-state index in [1.807, 2.05) is 31.2 Å². The van der Waals surface area contributed by atoms with Crippen LogP contribution in [0, 0.1) is 13.8 Å². The normalized spacial score (nSPS) is 10.8. The molecule has 2 aromatic heterocycles. The molecule has 28 heavy (non-hydrogen) atoms. The van der Waals surface area contributed by atoms with Gasteiger partial charge in [-0.25, -0.2) is 0 Å². The fourth-order valence-electron chi connectivity index (χ4n) is 3.07. The molecule has 0 bridgehead atoms. The van der Waals surface area contributed by atoms with E-state index in [4.69, 9.17) is 9.47 Å². The van der Waals surface area contributed by atoms with Crippen LogP contribution in [-0.4, -0.2) is 28.4 Å². The Balaban J connectivity index is 1.46. The van der Waals surface area contributed by atoms with Crippen LogP contribution in [0.4, 0.5) is 0 Å². The minimum Gasteiger partial charge on any atom is -0.493 e. The Labute approximate surface area is 166 Å². The number of benzene rings is 1. The van der Waals surface area contributed by atoms with Gasteiger partial charge in [-0.3, -0.25) is 9.67 Å². The number of aromatic nitrogens is 3. The lowest BCUT2D eigenvalue weighted by atomic mass is 10.2. The zero-order valence-electron chi connectivity index (χ0n) is 16.8. The van der Waals surface area contributed by atoms with Gasteiger partial charge in [0.05, 0.1) is 12.8 Å². The molecule has 0 radical (unpaired) electrons. The summed E-state index contributed by atoms with van der Waals surface area (Å²) in [7, 11) is 1.67. The first kappa shape index (κ1) is 19.9. The van der Waals surface area contributed by atoms with Crippen molar-refractivity contribution in [2.75, 3.05) is 13.7 Å². The molecule has 0 aliphatic heterocycles. The van der Waals surface area contributed by atoms with Crippen LogP contribution in [0.25, 0.3) is 0 Å². The molecular formula is C22H28N4O2. The Hall–Kier alpha value is -2.86. The highest BCUT2D eigenvalue weighted by atomic mass is 16.5. The van der Waals surface area contributed by atoms with Gasteiger partial charge >= 0.3 is 0 Å². The monoisotopic (exact) mass is 380 g/mol. The third-order valence-electron chi connectivity index (χ3n) is 4.53. The Morgan fingerprint density at radius 1 is 1.00 bits per heavy atom. The summed E-state index contributed by atoms with van der Waals surface area (Å²) in [6.07, 6.45) is 4.56. The summed E-state index contributed by atoms with van der Waals surface area (Å²) in [6, 6.07) is 12.0. The van der Waals surface area contributed by atoms with Crippen LogP contribution in [0.15, 0.2) is 48.8 Å². The van der Waals surface area contributed by atoms with Crippen molar-refractivity contribution >= 4 is 0 Å². The number of hydrogen-bond donors (Lipinski definition) is 1. The molecule has 0 amide bonds. The van der Waals surface area contributed by atoms with Crippen LogP contribution < -0.4 is 14.8 Å². The van der Waals surface area contributed by atoms with E-state index in [1.165, 1.54) is 11.3 Å². The first-order chi connectivity index (χ1) is 13.7. The topological polar surface area (TPSA) is 61.2 Å². The summed E-state index contributed by atoms with van der Waals surface area (Å²) < 4.78 is 13.5. The van der Waals surface area contributed by atoms with E-state index in [2.05, 4.69) is 39.1 Å². The maximum Gasteiger partial charge on any atom is 0.161 e. The third-order valence-corrected chi connectivity index (χ3v) is 4.53.